The van der Waals surface area contributed by atoms with Crippen molar-refractivity contribution in [3.8, 4) is 0 Å². The number of rotatable bonds is 5. The number of para-hydroxylation sites is 1. The monoisotopic (exact) mass is 322 g/mol. The minimum absolute atomic E-state index is 0.241. The van der Waals surface area contributed by atoms with Gasteiger partial charge >= 0.3 is 5.97 Å². The molecule has 0 bridgehead atoms. The van der Waals surface area contributed by atoms with Crippen LogP contribution in [0.5, 0.6) is 0 Å². The van der Waals surface area contributed by atoms with Gasteiger partial charge in [0.2, 0.25) is 6.20 Å². The Morgan fingerprint density at radius 2 is 1.88 bits per heavy atom. The maximum atomic E-state index is 10.9. The van der Waals surface area contributed by atoms with Crippen molar-refractivity contribution in [1.82, 2.24) is 4.57 Å². The van der Waals surface area contributed by atoms with Gasteiger partial charge in [-0.1, -0.05) is 30.3 Å². The number of carboxylic acids is 1. The Morgan fingerprint density at radius 3 is 2.54 bits per heavy atom. The summed E-state index contributed by atoms with van der Waals surface area (Å²) in [5.41, 5.74) is 2.92. The SMILES string of the molecule is O=C(O)c1ccc(Cn2cc(/C=C/[N+](=O)[O-])c3ccccc32)cc1. The molecule has 0 spiro atoms. The van der Waals surface area contributed by atoms with Gasteiger partial charge in [0.05, 0.1) is 10.5 Å². The van der Waals surface area contributed by atoms with Crippen LogP contribution >= 0.6 is 0 Å². The van der Waals surface area contributed by atoms with Gasteiger partial charge in [0, 0.05) is 35.3 Å². The summed E-state index contributed by atoms with van der Waals surface area (Å²) in [6.07, 6.45) is 4.26. The van der Waals surface area contributed by atoms with Gasteiger partial charge in [-0.3, -0.25) is 10.1 Å². The zero-order valence-electron chi connectivity index (χ0n) is 12.6. The molecule has 0 radical (unpaired) electrons. The van der Waals surface area contributed by atoms with Gasteiger partial charge in [0.25, 0.3) is 0 Å². The smallest absolute Gasteiger partial charge is 0.335 e. The summed E-state index contributed by atoms with van der Waals surface area (Å²) < 4.78 is 1.99. The lowest BCUT2D eigenvalue weighted by atomic mass is 10.1. The van der Waals surface area contributed by atoms with Gasteiger partial charge in [0.1, 0.15) is 0 Å². The molecule has 0 aliphatic carbocycles. The van der Waals surface area contributed by atoms with Crippen LogP contribution < -0.4 is 0 Å². The number of aromatic carboxylic acids is 1. The molecule has 6 nitrogen and oxygen atoms in total. The van der Waals surface area contributed by atoms with Crippen molar-refractivity contribution >= 4 is 22.9 Å². The Labute approximate surface area is 137 Å². The van der Waals surface area contributed by atoms with Crippen LogP contribution in [0.2, 0.25) is 0 Å². The first kappa shape index (κ1) is 15.5. The molecule has 120 valence electrons. The summed E-state index contributed by atoms with van der Waals surface area (Å²) in [5, 5.41) is 20.4. The quantitative estimate of drug-likeness (QED) is 0.574. The van der Waals surface area contributed by atoms with Crippen LogP contribution in [-0.2, 0) is 6.54 Å². The molecule has 0 aliphatic rings. The lowest BCUT2D eigenvalue weighted by molar-refractivity contribution is -0.400. The summed E-state index contributed by atoms with van der Waals surface area (Å²) in [7, 11) is 0. The largest absolute Gasteiger partial charge is 0.478 e. The fourth-order valence-electron chi connectivity index (χ4n) is 2.63. The molecule has 6 heteroatoms. The number of aromatic nitrogens is 1. The van der Waals surface area contributed by atoms with Gasteiger partial charge in [0.15, 0.2) is 0 Å². The first-order valence-electron chi connectivity index (χ1n) is 7.26. The van der Waals surface area contributed by atoms with E-state index in [1.54, 1.807) is 24.3 Å². The van der Waals surface area contributed by atoms with Crippen molar-refractivity contribution in [3.05, 3.63) is 87.7 Å². The van der Waals surface area contributed by atoms with Gasteiger partial charge in [-0.25, -0.2) is 4.79 Å². The van der Waals surface area contributed by atoms with E-state index in [1.165, 1.54) is 6.08 Å². The first-order valence-corrected chi connectivity index (χ1v) is 7.26. The summed E-state index contributed by atoms with van der Waals surface area (Å²) in [6, 6.07) is 14.3. The number of fused-ring (bicyclic) bond motifs is 1. The highest BCUT2D eigenvalue weighted by Crippen LogP contribution is 2.23. The van der Waals surface area contributed by atoms with Crippen LogP contribution in [0.1, 0.15) is 21.5 Å². The van der Waals surface area contributed by atoms with Gasteiger partial charge in [-0.15, -0.1) is 0 Å². The predicted molar refractivity (Wildman–Crippen MR) is 90.5 cm³/mol. The van der Waals surface area contributed by atoms with Gasteiger partial charge in [-0.2, -0.15) is 0 Å². The second-order valence-corrected chi connectivity index (χ2v) is 5.33. The van der Waals surface area contributed by atoms with Crippen LogP contribution in [0.3, 0.4) is 0 Å². The van der Waals surface area contributed by atoms with E-state index in [9.17, 15) is 14.9 Å². The summed E-state index contributed by atoms with van der Waals surface area (Å²) >= 11 is 0. The molecule has 0 amide bonds. The molecular weight excluding hydrogens is 308 g/mol. The fraction of sp³-hybridized carbons (Fsp3) is 0.0556. The van der Waals surface area contributed by atoms with E-state index >= 15 is 0 Å². The number of hydrogen-bond acceptors (Lipinski definition) is 3. The fourth-order valence-corrected chi connectivity index (χ4v) is 2.63. The highest BCUT2D eigenvalue weighted by molar-refractivity contribution is 5.89. The number of carbonyl (C=O) groups is 1. The Kier molecular flexibility index (Phi) is 4.11. The molecule has 3 rings (SSSR count). The van der Waals surface area contributed by atoms with Crippen molar-refractivity contribution in [2.24, 2.45) is 0 Å². The third kappa shape index (κ3) is 3.17. The maximum Gasteiger partial charge on any atom is 0.335 e. The molecule has 0 aliphatic heterocycles. The van der Waals surface area contributed by atoms with E-state index in [2.05, 4.69) is 0 Å². The zero-order chi connectivity index (χ0) is 17.1. The Hall–Kier alpha value is -3.41. The second-order valence-electron chi connectivity index (χ2n) is 5.33. The Morgan fingerprint density at radius 1 is 1.17 bits per heavy atom. The average molecular weight is 322 g/mol. The minimum Gasteiger partial charge on any atom is -0.478 e. The van der Waals surface area contributed by atoms with E-state index in [4.69, 9.17) is 5.11 Å². The molecule has 3 aromatic rings. The van der Waals surface area contributed by atoms with E-state index in [0.29, 0.717) is 6.54 Å². The van der Waals surface area contributed by atoms with Crippen molar-refractivity contribution in [2.45, 2.75) is 6.54 Å². The minimum atomic E-state index is -0.958. The normalized spacial score (nSPS) is 11.2. The number of hydrogen-bond donors (Lipinski definition) is 1. The van der Waals surface area contributed by atoms with Crippen molar-refractivity contribution in [2.75, 3.05) is 0 Å². The molecule has 2 aromatic carbocycles. The van der Waals surface area contributed by atoms with E-state index in [0.717, 1.165) is 28.2 Å². The highest BCUT2D eigenvalue weighted by atomic mass is 16.6. The molecule has 0 unspecified atom stereocenters. The number of carboxylic acid groups (broad SMARTS) is 1. The second kappa shape index (κ2) is 6.37. The molecule has 0 atom stereocenters. The van der Waals surface area contributed by atoms with Crippen LogP contribution in [0.4, 0.5) is 0 Å². The Balaban J connectivity index is 1.97. The maximum absolute atomic E-state index is 10.9. The Bertz CT molecular complexity index is 939. The van der Waals surface area contributed by atoms with E-state index < -0.39 is 10.9 Å². The zero-order valence-corrected chi connectivity index (χ0v) is 12.6. The molecule has 0 saturated carbocycles. The number of nitro groups is 1. The van der Waals surface area contributed by atoms with Crippen molar-refractivity contribution in [3.63, 3.8) is 0 Å². The van der Waals surface area contributed by atoms with Crippen molar-refractivity contribution < 1.29 is 14.8 Å². The third-order valence-corrected chi connectivity index (χ3v) is 3.75. The summed E-state index contributed by atoms with van der Waals surface area (Å²) in [4.78, 5) is 21.0. The van der Waals surface area contributed by atoms with Crippen LogP contribution in [-0.4, -0.2) is 20.6 Å². The third-order valence-electron chi connectivity index (χ3n) is 3.75. The standard InChI is InChI=1S/C18H14N2O4/c21-18(22)14-7-5-13(6-8-14)11-19-12-15(9-10-20(23)24)16-3-1-2-4-17(16)19/h1-10,12H,11H2,(H,21,22)/b10-9+. The molecule has 24 heavy (non-hydrogen) atoms. The van der Waals surface area contributed by atoms with Crippen LogP contribution in [0.15, 0.2) is 60.9 Å². The highest BCUT2D eigenvalue weighted by Gasteiger charge is 2.08. The molecule has 1 aromatic heterocycles. The molecule has 0 saturated heterocycles. The van der Waals surface area contributed by atoms with Crippen LogP contribution in [0.25, 0.3) is 17.0 Å². The van der Waals surface area contributed by atoms with Gasteiger partial charge in [-0.05, 0) is 23.8 Å². The number of benzene rings is 2. The van der Waals surface area contributed by atoms with Crippen LogP contribution in [0, 0.1) is 10.1 Å². The van der Waals surface area contributed by atoms with E-state index in [1.807, 2.05) is 35.0 Å². The average Bonchev–Trinajstić information content (AvgIpc) is 2.91. The van der Waals surface area contributed by atoms with Gasteiger partial charge < -0.3 is 9.67 Å². The van der Waals surface area contributed by atoms with Crippen molar-refractivity contribution in [1.29, 1.82) is 0 Å². The molecule has 0 fully saturated rings. The lowest BCUT2D eigenvalue weighted by Gasteiger charge is -2.06. The summed E-state index contributed by atoms with van der Waals surface area (Å²) in [5.74, 6) is -0.958. The first-order chi connectivity index (χ1) is 11.5. The predicted octanol–water partition coefficient (Wildman–Crippen LogP) is 3.64. The van der Waals surface area contributed by atoms with E-state index in [-0.39, 0.29) is 5.56 Å². The molecular formula is C18H14N2O4. The molecule has 1 heterocycles. The lowest BCUT2D eigenvalue weighted by Crippen LogP contribution is -2.00. The topological polar surface area (TPSA) is 85.4 Å². The number of nitrogens with zero attached hydrogens (tertiary/aromatic N) is 2. The molecule has 1 N–H and O–H groups in total. The summed E-state index contributed by atoms with van der Waals surface area (Å²) in [6.45, 7) is 0.548.